The van der Waals surface area contributed by atoms with E-state index in [1.54, 1.807) is 0 Å². The summed E-state index contributed by atoms with van der Waals surface area (Å²) < 4.78 is 1.81. The van der Waals surface area contributed by atoms with E-state index in [0.717, 1.165) is 5.69 Å². The van der Waals surface area contributed by atoms with Crippen LogP contribution < -0.4 is 10.6 Å². The van der Waals surface area contributed by atoms with Crippen LogP contribution in [-0.4, -0.2) is 35.1 Å². The molecule has 1 atom stereocenters. The molecular formula is C11H17N3O3. The highest BCUT2D eigenvalue weighted by Crippen LogP contribution is 2.15. The van der Waals surface area contributed by atoms with E-state index in [0.29, 0.717) is 6.42 Å². The summed E-state index contributed by atoms with van der Waals surface area (Å²) in [6, 6.07) is 3.65. The van der Waals surface area contributed by atoms with Crippen molar-refractivity contribution in [2.75, 3.05) is 13.6 Å². The van der Waals surface area contributed by atoms with E-state index < -0.39 is 17.9 Å². The number of hydrogen-bond acceptors (Lipinski definition) is 3. The Bertz CT molecular complexity index is 400. The average Bonchev–Trinajstić information content (AvgIpc) is 2.74. The number of nitrogens with zero attached hydrogens (tertiary/aromatic N) is 1. The lowest BCUT2D eigenvalue weighted by Gasteiger charge is -2.12. The number of carbonyl (C=O) groups is 2. The van der Waals surface area contributed by atoms with Gasteiger partial charge in [0, 0.05) is 32.5 Å². The third kappa shape index (κ3) is 3.60. The predicted octanol–water partition coefficient (Wildman–Crippen LogP) is -0.689. The number of aromatic nitrogens is 1. The van der Waals surface area contributed by atoms with Gasteiger partial charge >= 0.3 is 11.8 Å². The molecule has 6 heteroatoms. The van der Waals surface area contributed by atoms with Crippen LogP contribution in [0.2, 0.25) is 0 Å². The second kappa shape index (κ2) is 6.05. The zero-order chi connectivity index (χ0) is 12.8. The van der Waals surface area contributed by atoms with E-state index in [1.165, 1.54) is 7.05 Å². The Kier molecular flexibility index (Phi) is 4.71. The van der Waals surface area contributed by atoms with Crippen molar-refractivity contribution in [2.45, 2.75) is 12.5 Å². The maximum atomic E-state index is 11.1. The van der Waals surface area contributed by atoms with Gasteiger partial charge in [-0.25, -0.2) is 0 Å². The number of likely N-dealkylation sites (N-methyl/N-ethyl adjacent to an activating group) is 1. The maximum Gasteiger partial charge on any atom is 0.309 e. The molecule has 1 aromatic rings. The summed E-state index contributed by atoms with van der Waals surface area (Å²) in [5.41, 5.74) is 0.777. The minimum Gasteiger partial charge on any atom is -0.387 e. The molecular weight excluding hydrogens is 222 g/mol. The lowest BCUT2D eigenvalue weighted by atomic mass is 10.2. The number of rotatable bonds is 4. The Morgan fingerprint density at radius 3 is 2.71 bits per heavy atom. The van der Waals surface area contributed by atoms with Gasteiger partial charge in [-0.05, 0) is 18.6 Å². The van der Waals surface area contributed by atoms with Crippen molar-refractivity contribution < 1.29 is 14.7 Å². The summed E-state index contributed by atoms with van der Waals surface area (Å²) in [5, 5.41) is 14.5. The first-order valence-electron chi connectivity index (χ1n) is 5.35. The number of nitrogens with one attached hydrogen (secondary N) is 2. The first-order chi connectivity index (χ1) is 8.06. The van der Waals surface area contributed by atoms with Gasteiger partial charge in [-0.2, -0.15) is 0 Å². The number of aliphatic hydroxyl groups is 1. The van der Waals surface area contributed by atoms with Gasteiger partial charge in [0.2, 0.25) is 0 Å². The summed E-state index contributed by atoms with van der Waals surface area (Å²) >= 11 is 0. The normalized spacial score (nSPS) is 11.9. The number of aryl methyl sites for hydroxylation is 1. The highest BCUT2D eigenvalue weighted by atomic mass is 16.3. The summed E-state index contributed by atoms with van der Waals surface area (Å²) in [5.74, 6) is -1.37. The number of hydrogen-bond donors (Lipinski definition) is 3. The number of aliphatic hydroxyl groups excluding tert-OH is 1. The molecule has 0 saturated heterocycles. The van der Waals surface area contributed by atoms with E-state index in [-0.39, 0.29) is 6.54 Å². The van der Waals surface area contributed by atoms with Gasteiger partial charge < -0.3 is 20.3 Å². The van der Waals surface area contributed by atoms with Crippen molar-refractivity contribution in [1.29, 1.82) is 0 Å². The fourth-order valence-corrected chi connectivity index (χ4v) is 1.48. The molecule has 0 aliphatic heterocycles. The highest BCUT2D eigenvalue weighted by molar-refractivity contribution is 6.34. The molecule has 1 aromatic heterocycles. The van der Waals surface area contributed by atoms with Gasteiger partial charge in [0.05, 0.1) is 6.10 Å². The smallest absolute Gasteiger partial charge is 0.309 e. The Hall–Kier alpha value is -1.82. The van der Waals surface area contributed by atoms with Crippen molar-refractivity contribution in [1.82, 2.24) is 15.2 Å². The molecule has 94 valence electrons. The molecule has 0 aliphatic rings. The zero-order valence-corrected chi connectivity index (χ0v) is 9.93. The van der Waals surface area contributed by atoms with Crippen LogP contribution in [0.4, 0.5) is 0 Å². The van der Waals surface area contributed by atoms with Crippen LogP contribution in [0.25, 0.3) is 0 Å². The molecule has 1 heterocycles. The Morgan fingerprint density at radius 2 is 2.18 bits per heavy atom. The zero-order valence-electron chi connectivity index (χ0n) is 9.93. The standard InChI is InChI=1S/C11H17N3O3/c1-12-10(16)11(17)13-6-5-9(15)8-4-3-7-14(8)2/h3-4,7,9,15H,5-6H2,1-2H3,(H,12,16)(H,13,17). The van der Waals surface area contributed by atoms with Crippen LogP contribution in [-0.2, 0) is 16.6 Å². The van der Waals surface area contributed by atoms with Gasteiger partial charge in [0.15, 0.2) is 0 Å². The van der Waals surface area contributed by atoms with Crippen molar-refractivity contribution in [3.05, 3.63) is 24.0 Å². The van der Waals surface area contributed by atoms with Gasteiger partial charge in [-0.15, -0.1) is 0 Å². The van der Waals surface area contributed by atoms with Crippen LogP contribution >= 0.6 is 0 Å². The lowest BCUT2D eigenvalue weighted by molar-refractivity contribution is -0.138. The monoisotopic (exact) mass is 239 g/mol. The molecule has 2 amide bonds. The molecule has 0 saturated carbocycles. The van der Waals surface area contributed by atoms with Crippen molar-refractivity contribution in [3.63, 3.8) is 0 Å². The topological polar surface area (TPSA) is 83.4 Å². The van der Waals surface area contributed by atoms with Gasteiger partial charge in [0.1, 0.15) is 0 Å². The van der Waals surface area contributed by atoms with E-state index in [4.69, 9.17) is 0 Å². The second-order valence-corrected chi connectivity index (χ2v) is 3.68. The van der Waals surface area contributed by atoms with Crippen molar-refractivity contribution in [2.24, 2.45) is 7.05 Å². The van der Waals surface area contributed by atoms with Crippen LogP contribution in [0.15, 0.2) is 18.3 Å². The summed E-state index contributed by atoms with van der Waals surface area (Å²) in [7, 11) is 3.22. The third-order valence-electron chi connectivity index (χ3n) is 2.46. The van der Waals surface area contributed by atoms with Crippen molar-refractivity contribution in [3.8, 4) is 0 Å². The fraction of sp³-hybridized carbons (Fsp3) is 0.455. The molecule has 0 radical (unpaired) electrons. The molecule has 0 bridgehead atoms. The number of amides is 2. The SMILES string of the molecule is CNC(=O)C(=O)NCCC(O)c1cccn1C. The fourth-order valence-electron chi connectivity index (χ4n) is 1.48. The molecule has 1 unspecified atom stereocenters. The molecule has 3 N–H and O–H groups in total. The largest absolute Gasteiger partial charge is 0.387 e. The van der Waals surface area contributed by atoms with Gasteiger partial charge in [-0.3, -0.25) is 9.59 Å². The maximum absolute atomic E-state index is 11.1. The summed E-state index contributed by atoms with van der Waals surface area (Å²) in [6.45, 7) is 0.249. The Labute approximate surface area is 99.6 Å². The van der Waals surface area contributed by atoms with Crippen LogP contribution in [0.5, 0.6) is 0 Å². The van der Waals surface area contributed by atoms with E-state index in [2.05, 4.69) is 10.6 Å². The quantitative estimate of drug-likeness (QED) is 0.608. The van der Waals surface area contributed by atoms with Crippen LogP contribution in [0.3, 0.4) is 0 Å². The minimum atomic E-state index is -0.688. The predicted molar refractivity (Wildman–Crippen MR) is 62.1 cm³/mol. The minimum absolute atomic E-state index is 0.249. The lowest BCUT2D eigenvalue weighted by Crippen LogP contribution is -2.38. The molecule has 17 heavy (non-hydrogen) atoms. The number of carbonyl (C=O) groups excluding carboxylic acids is 2. The van der Waals surface area contributed by atoms with Crippen LogP contribution in [0, 0.1) is 0 Å². The van der Waals surface area contributed by atoms with Crippen molar-refractivity contribution >= 4 is 11.8 Å². The molecule has 0 spiro atoms. The van der Waals surface area contributed by atoms with E-state index in [1.807, 2.05) is 29.9 Å². The van der Waals surface area contributed by atoms with E-state index >= 15 is 0 Å². The Morgan fingerprint density at radius 1 is 1.47 bits per heavy atom. The molecule has 0 aliphatic carbocycles. The molecule has 0 fully saturated rings. The molecule has 1 rings (SSSR count). The first kappa shape index (κ1) is 13.2. The highest BCUT2D eigenvalue weighted by Gasteiger charge is 2.13. The Balaban J connectivity index is 2.35. The summed E-state index contributed by atoms with van der Waals surface area (Å²) in [6.07, 6.45) is 1.54. The van der Waals surface area contributed by atoms with Gasteiger partial charge in [-0.1, -0.05) is 0 Å². The van der Waals surface area contributed by atoms with Crippen LogP contribution in [0.1, 0.15) is 18.2 Å². The first-order valence-corrected chi connectivity index (χ1v) is 5.35. The van der Waals surface area contributed by atoms with E-state index in [9.17, 15) is 14.7 Å². The third-order valence-corrected chi connectivity index (χ3v) is 2.46. The second-order valence-electron chi connectivity index (χ2n) is 3.68. The van der Waals surface area contributed by atoms with Gasteiger partial charge in [0.25, 0.3) is 0 Å². The molecule has 6 nitrogen and oxygen atoms in total. The molecule has 0 aromatic carbocycles. The average molecular weight is 239 g/mol. The summed E-state index contributed by atoms with van der Waals surface area (Å²) in [4.78, 5) is 22.0.